The van der Waals surface area contributed by atoms with E-state index in [2.05, 4.69) is 337 Å². The molecule has 0 amide bonds. The van der Waals surface area contributed by atoms with Gasteiger partial charge in [0.25, 0.3) is 0 Å². The van der Waals surface area contributed by atoms with Crippen LogP contribution in [-0.4, -0.2) is 8.07 Å². The van der Waals surface area contributed by atoms with Gasteiger partial charge in [-0.2, -0.15) is 0 Å². The molecule has 0 N–H and O–H groups in total. The molecule has 0 saturated heterocycles. The van der Waals surface area contributed by atoms with Crippen LogP contribution in [0, 0.1) is 0 Å². The largest absolute Gasteiger partial charge is 0.311 e. The third kappa shape index (κ3) is 7.39. The highest BCUT2D eigenvalue weighted by molar-refractivity contribution is 7.21. The first kappa shape index (κ1) is 47.2. The van der Waals surface area contributed by atoms with Crippen LogP contribution in [0.2, 0.25) is 0 Å². The number of hydrogen-bond donors (Lipinski definition) is 0. The van der Waals surface area contributed by atoms with E-state index < -0.39 is 13.5 Å². The second-order valence-corrected chi connectivity index (χ2v) is 24.8. The average molecular weight is 1040 g/mol. The van der Waals surface area contributed by atoms with E-state index in [4.69, 9.17) is 0 Å². The molecule has 0 bridgehead atoms. The highest BCUT2D eigenvalue weighted by Crippen LogP contribution is 2.57. The number of anilines is 6. The van der Waals surface area contributed by atoms with Crippen LogP contribution in [0.5, 0.6) is 0 Å². The van der Waals surface area contributed by atoms with Gasteiger partial charge in [0.1, 0.15) is 0 Å². The summed E-state index contributed by atoms with van der Waals surface area (Å²) in [7, 11) is -2.92. The van der Waals surface area contributed by atoms with Crippen molar-refractivity contribution in [2.75, 3.05) is 9.80 Å². The van der Waals surface area contributed by atoms with Crippen molar-refractivity contribution in [3.63, 3.8) is 0 Å². The van der Waals surface area contributed by atoms with Crippen LogP contribution in [0.15, 0.2) is 328 Å². The van der Waals surface area contributed by atoms with Crippen LogP contribution in [0.4, 0.5) is 34.1 Å². The molecule has 15 rings (SSSR count). The van der Waals surface area contributed by atoms with E-state index in [0.717, 1.165) is 28.3 Å². The van der Waals surface area contributed by atoms with Crippen molar-refractivity contribution in [2.45, 2.75) is 5.41 Å². The molecule has 3 heteroatoms. The first-order valence-electron chi connectivity index (χ1n) is 27.7. The standard InChI is InChI=1S/C77H54N2Si/c1-6-25-59(26-7-1)77(60-27-8-2-9-28-60)71-38-19-18-36-69(71)70-51-50-64(54-72(70)77)78(63-48-43-57(44-49-63)68-37-22-24-56-23-16-17-35-67(56)68)62-46-41-55(42-47-62)58-45-52-74-76(53-58)80(65-31-12-4-13-32-65,66-33-14-5-15-34-66)75-40-21-20-39-73(75)79(74)61-29-10-3-11-30-61/h1-54H. The van der Waals surface area contributed by atoms with Crippen LogP contribution in [0.25, 0.3) is 44.2 Å². The lowest BCUT2D eigenvalue weighted by Gasteiger charge is -2.45. The normalized spacial score (nSPS) is 13.4. The molecule has 1 aliphatic heterocycles. The van der Waals surface area contributed by atoms with Crippen molar-refractivity contribution in [1.82, 2.24) is 0 Å². The van der Waals surface area contributed by atoms with E-state index in [9.17, 15) is 0 Å². The van der Waals surface area contributed by atoms with Crippen molar-refractivity contribution >= 4 is 73.7 Å². The van der Waals surface area contributed by atoms with E-state index in [1.165, 1.54) is 93.0 Å². The molecule has 376 valence electrons. The molecule has 13 aromatic carbocycles. The zero-order chi connectivity index (χ0) is 53.0. The molecule has 1 aliphatic carbocycles. The zero-order valence-corrected chi connectivity index (χ0v) is 45.1. The lowest BCUT2D eigenvalue weighted by atomic mass is 9.67. The summed E-state index contributed by atoms with van der Waals surface area (Å²) >= 11 is 0. The summed E-state index contributed by atoms with van der Waals surface area (Å²) in [6.07, 6.45) is 0. The summed E-state index contributed by atoms with van der Waals surface area (Å²) in [5, 5.41) is 7.96. The molecular weight excluding hydrogens is 981 g/mol. The first-order valence-corrected chi connectivity index (χ1v) is 29.7. The van der Waals surface area contributed by atoms with E-state index in [-0.39, 0.29) is 0 Å². The number of nitrogens with zero attached hydrogens (tertiary/aromatic N) is 2. The van der Waals surface area contributed by atoms with Gasteiger partial charge >= 0.3 is 0 Å². The number of benzene rings is 13. The van der Waals surface area contributed by atoms with Gasteiger partial charge < -0.3 is 9.80 Å². The van der Waals surface area contributed by atoms with Crippen molar-refractivity contribution in [3.8, 4) is 33.4 Å². The second-order valence-electron chi connectivity index (χ2n) is 21.1. The maximum Gasteiger partial charge on any atom is 0.184 e. The third-order valence-electron chi connectivity index (χ3n) is 17.0. The minimum atomic E-state index is -2.92. The van der Waals surface area contributed by atoms with Crippen LogP contribution in [-0.2, 0) is 5.41 Å². The molecule has 2 nitrogen and oxygen atoms in total. The molecular formula is C77H54N2Si. The maximum absolute atomic E-state index is 2.92. The SMILES string of the molecule is c1ccc(N2c3ccccc3[Si](c3ccccc3)(c3ccccc3)c3cc(-c4ccc(N(c5ccc(-c6cccc7ccccc67)cc5)c5ccc6c(c5)C(c5ccccc5)(c5ccccc5)c5ccccc5-6)cc4)ccc32)cc1. The van der Waals surface area contributed by atoms with E-state index in [1.807, 2.05) is 0 Å². The third-order valence-corrected chi connectivity index (χ3v) is 21.8. The van der Waals surface area contributed by atoms with Gasteiger partial charge in [-0.25, -0.2) is 0 Å². The summed E-state index contributed by atoms with van der Waals surface area (Å²) in [4.78, 5) is 4.93. The quantitative estimate of drug-likeness (QED) is 0.126. The fourth-order valence-electron chi connectivity index (χ4n) is 13.6. The van der Waals surface area contributed by atoms with Crippen molar-refractivity contribution in [2.24, 2.45) is 0 Å². The van der Waals surface area contributed by atoms with Gasteiger partial charge in [-0.3, -0.25) is 0 Å². The number of hydrogen-bond acceptors (Lipinski definition) is 2. The van der Waals surface area contributed by atoms with Gasteiger partial charge in [0.15, 0.2) is 8.07 Å². The first-order chi connectivity index (χ1) is 39.7. The highest BCUT2D eigenvalue weighted by Gasteiger charge is 2.49. The Hall–Kier alpha value is -10.1. The molecule has 2 aliphatic rings. The Bertz CT molecular complexity index is 4310. The van der Waals surface area contributed by atoms with E-state index in [1.54, 1.807) is 0 Å². The minimum absolute atomic E-state index is 0.542. The van der Waals surface area contributed by atoms with Crippen LogP contribution >= 0.6 is 0 Å². The Balaban J connectivity index is 0.914. The lowest BCUT2D eigenvalue weighted by Crippen LogP contribution is -2.77. The summed E-state index contributed by atoms with van der Waals surface area (Å²) < 4.78 is 0. The van der Waals surface area contributed by atoms with Gasteiger partial charge in [0.2, 0.25) is 0 Å². The van der Waals surface area contributed by atoms with Crippen molar-refractivity contribution in [1.29, 1.82) is 0 Å². The molecule has 0 unspecified atom stereocenters. The fourth-order valence-corrected chi connectivity index (χ4v) is 18.7. The highest BCUT2D eigenvalue weighted by atomic mass is 28.3. The smallest absolute Gasteiger partial charge is 0.184 e. The Morgan fingerprint density at radius 1 is 0.300 bits per heavy atom. The number of rotatable bonds is 10. The Kier molecular flexibility index (Phi) is 11.5. The maximum atomic E-state index is 2.52. The molecule has 0 atom stereocenters. The summed E-state index contributed by atoms with van der Waals surface area (Å²) in [6, 6.07) is 122. The van der Waals surface area contributed by atoms with Gasteiger partial charge in [0.05, 0.1) is 5.41 Å². The van der Waals surface area contributed by atoms with E-state index >= 15 is 0 Å². The van der Waals surface area contributed by atoms with Crippen molar-refractivity contribution in [3.05, 3.63) is 350 Å². The molecule has 0 aromatic heterocycles. The van der Waals surface area contributed by atoms with Gasteiger partial charge in [-0.05, 0) is 148 Å². The number of fused-ring (bicyclic) bond motifs is 6. The monoisotopic (exact) mass is 1030 g/mol. The van der Waals surface area contributed by atoms with Crippen LogP contribution in [0.3, 0.4) is 0 Å². The molecule has 13 aromatic rings. The van der Waals surface area contributed by atoms with Gasteiger partial charge in [0, 0.05) is 34.1 Å². The van der Waals surface area contributed by atoms with Crippen LogP contribution < -0.4 is 30.5 Å². The Morgan fingerprint density at radius 2 is 0.787 bits per heavy atom. The average Bonchev–Trinajstić information content (AvgIpc) is 3.95. The van der Waals surface area contributed by atoms with E-state index in [0.29, 0.717) is 0 Å². The topological polar surface area (TPSA) is 6.48 Å². The summed E-state index contributed by atoms with van der Waals surface area (Å²) in [6.45, 7) is 0. The second kappa shape index (κ2) is 19.4. The number of para-hydroxylation sites is 2. The van der Waals surface area contributed by atoms with Gasteiger partial charge in [-0.1, -0.05) is 267 Å². The summed E-state index contributed by atoms with van der Waals surface area (Å²) in [5.74, 6) is 0. The molecule has 0 fully saturated rings. The summed E-state index contributed by atoms with van der Waals surface area (Å²) in [5.41, 5.74) is 18.6. The Morgan fingerprint density at radius 3 is 1.46 bits per heavy atom. The zero-order valence-electron chi connectivity index (χ0n) is 44.1. The molecule has 80 heavy (non-hydrogen) atoms. The molecule has 0 radical (unpaired) electrons. The van der Waals surface area contributed by atoms with Crippen molar-refractivity contribution < 1.29 is 0 Å². The fraction of sp³-hybridized carbons (Fsp3) is 0.0130. The Labute approximate surface area is 469 Å². The minimum Gasteiger partial charge on any atom is -0.311 e. The van der Waals surface area contributed by atoms with Gasteiger partial charge in [-0.15, -0.1) is 0 Å². The predicted molar refractivity (Wildman–Crippen MR) is 339 cm³/mol. The molecule has 0 spiro atoms. The molecule has 0 saturated carbocycles. The predicted octanol–water partition coefficient (Wildman–Crippen LogP) is 17.2. The molecule has 1 heterocycles. The van der Waals surface area contributed by atoms with Crippen LogP contribution in [0.1, 0.15) is 22.3 Å². The lowest BCUT2D eigenvalue weighted by molar-refractivity contribution is 0.768.